The minimum atomic E-state index is -4.36. The Hall–Kier alpha value is -1.33. The van der Waals surface area contributed by atoms with Crippen LogP contribution in [-0.2, 0) is 6.18 Å². The summed E-state index contributed by atoms with van der Waals surface area (Å²) in [4.78, 5) is 0. The van der Waals surface area contributed by atoms with Crippen molar-refractivity contribution in [2.45, 2.75) is 19.1 Å². The lowest BCUT2D eigenvalue weighted by atomic mass is 9.94. The Bertz CT molecular complexity index is 610. The topological polar surface area (TPSA) is 12.0 Å². The Kier molecular flexibility index (Phi) is 5.06. The summed E-state index contributed by atoms with van der Waals surface area (Å²) in [5.41, 5.74) is 0.434. The van der Waals surface area contributed by atoms with Crippen molar-refractivity contribution in [3.63, 3.8) is 0 Å². The molecular formula is C16H15BrF3N. The minimum absolute atomic E-state index is 0.241. The molecule has 1 unspecified atom stereocenters. The molecule has 0 amide bonds. The molecule has 0 aromatic heterocycles. The highest BCUT2D eigenvalue weighted by Crippen LogP contribution is 2.36. The monoisotopic (exact) mass is 357 g/mol. The Morgan fingerprint density at radius 3 is 2.43 bits per heavy atom. The summed E-state index contributed by atoms with van der Waals surface area (Å²) >= 11 is 3.36. The summed E-state index contributed by atoms with van der Waals surface area (Å²) < 4.78 is 40.5. The number of benzene rings is 2. The van der Waals surface area contributed by atoms with Crippen LogP contribution in [0, 0.1) is 0 Å². The maximum absolute atomic E-state index is 13.2. The average molecular weight is 358 g/mol. The highest BCUT2D eigenvalue weighted by Gasteiger charge is 2.35. The van der Waals surface area contributed by atoms with Crippen LogP contribution in [0.3, 0.4) is 0 Å². The van der Waals surface area contributed by atoms with Crippen LogP contribution in [0.1, 0.15) is 29.7 Å². The van der Waals surface area contributed by atoms with Crippen molar-refractivity contribution >= 4 is 15.9 Å². The van der Waals surface area contributed by atoms with Crippen LogP contribution in [-0.4, -0.2) is 6.54 Å². The van der Waals surface area contributed by atoms with E-state index in [0.29, 0.717) is 6.54 Å². The van der Waals surface area contributed by atoms with Gasteiger partial charge in [-0.1, -0.05) is 53.2 Å². The van der Waals surface area contributed by atoms with Crippen LogP contribution in [0.2, 0.25) is 0 Å². The molecule has 0 spiro atoms. The predicted octanol–water partition coefficient (Wildman–Crippen LogP) is 5.17. The van der Waals surface area contributed by atoms with E-state index in [-0.39, 0.29) is 5.56 Å². The van der Waals surface area contributed by atoms with Crippen molar-refractivity contribution in [2.75, 3.05) is 6.54 Å². The van der Waals surface area contributed by atoms with E-state index in [1.165, 1.54) is 12.1 Å². The summed E-state index contributed by atoms with van der Waals surface area (Å²) in [5.74, 6) is 0. The second-order valence-electron chi connectivity index (χ2n) is 4.63. The van der Waals surface area contributed by atoms with Gasteiger partial charge >= 0.3 is 6.18 Å². The molecule has 0 radical (unpaired) electrons. The summed E-state index contributed by atoms with van der Waals surface area (Å²) in [6, 6.07) is 12.5. The zero-order valence-corrected chi connectivity index (χ0v) is 13.0. The van der Waals surface area contributed by atoms with E-state index in [4.69, 9.17) is 0 Å². The average Bonchev–Trinajstić information content (AvgIpc) is 2.44. The fourth-order valence-corrected chi connectivity index (χ4v) is 2.72. The van der Waals surface area contributed by atoms with E-state index in [1.807, 2.05) is 31.2 Å². The van der Waals surface area contributed by atoms with Gasteiger partial charge in [-0.2, -0.15) is 13.2 Å². The van der Waals surface area contributed by atoms with Crippen LogP contribution >= 0.6 is 15.9 Å². The Morgan fingerprint density at radius 2 is 1.81 bits per heavy atom. The molecule has 0 bridgehead atoms. The lowest BCUT2D eigenvalue weighted by molar-refractivity contribution is -0.138. The molecule has 1 N–H and O–H groups in total. The third-order valence-corrected chi connectivity index (χ3v) is 3.66. The summed E-state index contributed by atoms with van der Waals surface area (Å²) in [5, 5.41) is 3.13. The van der Waals surface area contributed by atoms with Gasteiger partial charge in [-0.05, 0) is 35.9 Å². The van der Waals surface area contributed by atoms with Crippen molar-refractivity contribution in [1.82, 2.24) is 5.32 Å². The van der Waals surface area contributed by atoms with Gasteiger partial charge < -0.3 is 5.32 Å². The lowest BCUT2D eigenvalue weighted by Gasteiger charge is -2.23. The molecule has 0 aliphatic carbocycles. The Labute approximate surface area is 130 Å². The van der Waals surface area contributed by atoms with Gasteiger partial charge in [-0.3, -0.25) is 0 Å². The molecule has 2 aromatic carbocycles. The quantitative estimate of drug-likeness (QED) is 0.796. The third-order valence-electron chi connectivity index (χ3n) is 3.17. The molecule has 0 aliphatic rings. The first-order valence-corrected chi connectivity index (χ1v) is 7.37. The predicted molar refractivity (Wildman–Crippen MR) is 81.1 cm³/mol. The van der Waals surface area contributed by atoms with E-state index in [0.717, 1.165) is 16.1 Å². The number of hydrogen-bond acceptors (Lipinski definition) is 1. The number of halogens is 4. The zero-order chi connectivity index (χ0) is 15.5. The molecule has 112 valence electrons. The second-order valence-corrected chi connectivity index (χ2v) is 5.55. The standard InChI is InChI=1S/C16H15BrF3N/c1-2-21-15(11-6-5-7-12(17)10-11)13-8-3-4-9-14(13)16(18,19)20/h3-10,15,21H,2H2,1H3. The van der Waals surface area contributed by atoms with Gasteiger partial charge in [0.05, 0.1) is 11.6 Å². The largest absolute Gasteiger partial charge is 0.416 e. The van der Waals surface area contributed by atoms with Crippen molar-refractivity contribution < 1.29 is 13.2 Å². The number of hydrogen-bond donors (Lipinski definition) is 1. The van der Waals surface area contributed by atoms with Crippen LogP contribution in [0.15, 0.2) is 53.0 Å². The van der Waals surface area contributed by atoms with E-state index in [9.17, 15) is 13.2 Å². The Balaban J connectivity index is 2.54. The van der Waals surface area contributed by atoms with Crippen molar-refractivity contribution in [3.05, 3.63) is 69.7 Å². The lowest BCUT2D eigenvalue weighted by Crippen LogP contribution is -2.25. The summed E-state index contributed by atoms with van der Waals surface area (Å²) in [6.07, 6.45) is -4.36. The van der Waals surface area contributed by atoms with Gasteiger partial charge in [0.15, 0.2) is 0 Å². The van der Waals surface area contributed by atoms with Gasteiger partial charge in [-0.15, -0.1) is 0 Å². The number of alkyl halides is 3. The first kappa shape index (κ1) is 16.0. The molecule has 1 atom stereocenters. The van der Waals surface area contributed by atoms with E-state index in [2.05, 4.69) is 21.2 Å². The normalized spacial score (nSPS) is 13.2. The molecule has 1 nitrogen and oxygen atoms in total. The van der Waals surface area contributed by atoms with Gasteiger partial charge in [0.2, 0.25) is 0 Å². The third kappa shape index (κ3) is 3.86. The molecule has 0 aliphatic heterocycles. The van der Waals surface area contributed by atoms with Crippen molar-refractivity contribution in [3.8, 4) is 0 Å². The SMILES string of the molecule is CCNC(c1cccc(Br)c1)c1ccccc1C(F)(F)F. The number of nitrogens with one attached hydrogen (secondary N) is 1. The summed E-state index contributed by atoms with van der Waals surface area (Å²) in [6.45, 7) is 2.45. The maximum atomic E-state index is 13.2. The minimum Gasteiger partial charge on any atom is -0.307 e. The molecule has 0 saturated heterocycles. The maximum Gasteiger partial charge on any atom is 0.416 e. The van der Waals surface area contributed by atoms with Crippen LogP contribution < -0.4 is 5.32 Å². The molecule has 0 saturated carbocycles. The van der Waals surface area contributed by atoms with E-state index >= 15 is 0 Å². The van der Waals surface area contributed by atoms with E-state index < -0.39 is 17.8 Å². The second kappa shape index (κ2) is 6.62. The van der Waals surface area contributed by atoms with Gasteiger partial charge in [0.25, 0.3) is 0 Å². The van der Waals surface area contributed by atoms with Gasteiger partial charge in [0, 0.05) is 4.47 Å². The van der Waals surface area contributed by atoms with Crippen LogP contribution in [0.25, 0.3) is 0 Å². The molecule has 21 heavy (non-hydrogen) atoms. The molecule has 2 rings (SSSR count). The number of rotatable bonds is 4. The summed E-state index contributed by atoms with van der Waals surface area (Å²) in [7, 11) is 0. The molecular weight excluding hydrogens is 343 g/mol. The van der Waals surface area contributed by atoms with E-state index in [1.54, 1.807) is 6.07 Å². The highest BCUT2D eigenvalue weighted by atomic mass is 79.9. The van der Waals surface area contributed by atoms with Gasteiger partial charge in [-0.25, -0.2) is 0 Å². The smallest absolute Gasteiger partial charge is 0.307 e. The molecule has 0 heterocycles. The van der Waals surface area contributed by atoms with Crippen LogP contribution in [0.4, 0.5) is 13.2 Å². The Morgan fingerprint density at radius 1 is 1.10 bits per heavy atom. The zero-order valence-electron chi connectivity index (χ0n) is 11.4. The fourth-order valence-electron chi connectivity index (χ4n) is 2.30. The van der Waals surface area contributed by atoms with Gasteiger partial charge in [0.1, 0.15) is 0 Å². The molecule has 2 aromatic rings. The first-order chi connectivity index (χ1) is 9.93. The first-order valence-electron chi connectivity index (χ1n) is 6.58. The fraction of sp³-hybridized carbons (Fsp3) is 0.250. The highest BCUT2D eigenvalue weighted by molar-refractivity contribution is 9.10. The van der Waals surface area contributed by atoms with Crippen molar-refractivity contribution in [2.24, 2.45) is 0 Å². The van der Waals surface area contributed by atoms with Crippen molar-refractivity contribution in [1.29, 1.82) is 0 Å². The molecule has 5 heteroatoms. The molecule has 0 fully saturated rings. The van der Waals surface area contributed by atoms with Crippen LogP contribution in [0.5, 0.6) is 0 Å².